The largest absolute Gasteiger partial charge is 0.439 e. The van der Waals surface area contributed by atoms with Crippen LogP contribution in [0.5, 0.6) is 23.4 Å². The fourth-order valence-corrected chi connectivity index (χ4v) is 4.79. The average molecular weight is 1140 g/mol. The van der Waals surface area contributed by atoms with Gasteiger partial charge in [0.15, 0.2) is 0 Å². The predicted molar refractivity (Wildman–Crippen MR) is 358 cm³/mol. The van der Waals surface area contributed by atoms with Crippen molar-refractivity contribution in [3.8, 4) is 153 Å². The highest BCUT2D eigenvalue weighted by Gasteiger charge is 2.08. The number of terminal acetylenes is 1. The maximum absolute atomic E-state index is 11.2. The Morgan fingerprint density at radius 3 is 1.09 bits per heavy atom. The minimum atomic E-state index is -0.345. The van der Waals surface area contributed by atoms with Gasteiger partial charge in [0.25, 0.3) is 0 Å². The summed E-state index contributed by atoms with van der Waals surface area (Å²) in [6.45, 7) is 33.7. The van der Waals surface area contributed by atoms with Crippen LogP contribution in [-0.4, -0.2) is 51.1 Å². The normalized spacial score (nSPS) is 7.36. The Morgan fingerprint density at radius 1 is 0.424 bits per heavy atom. The molecule has 0 atom stereocenters. The number of rotatable bonds is 8. The van der Waals surface area contributed by atoms with Gasteiger partial charge in [-0.2, -0.15) is 0 Å². The molecule has 0 radical (unpaired) electrons. The number of hydrogen-bond acceptors (Lipinski definition) is 11. The van der Waals surface area contributed by atoms with Gasteiger partial charge in [0.1, 0.15) is 23.1 Å². The van der Waals surface area contributed by atoms with Crippen LogP contribution in [0.2, 0.25) is 0 Å². The molecule has 0 saturated heterocycles. The zero-order valence-electron chi connectivity index (χ0n) is 53.1. The maximum atomic E-state index is 11.2. The van der Waals surface area contributed by atoms with E-state index < -0.39 is 0 Å². The highest BCUT2D eigenvalue weighted by Crippen LogP contribution is 2.29. The van der Waals surface area contributed by atoms with Crippen molar-refractivity contribution in [1.29, 1.82) is 0 Å². The molecular formula is C70H85N11O4. The number of nitrogen functional groups attached to an aromatic ring is 2. The molecule has 2 aromatic carbocycles. The molecule has 0 aliphatic heterocycles. The number of urea groups is 2. The molecule has 15 nitrogen and oxygen atoms in total. The summed E-state index contributed by atoms with van der Waals surface area (Å²) in [5, 5.41) is 10.1. The van der Waals surface area contributed by atoms with Crippen molar-refractivity contribution in [3.63, 3.8) is 0 Å². The zero-order valence-corrected chi connectivity index (χ0v) is 53.1. The Bertz CT molecular complexity index is 3170. The molecule has 85 heavy (non-hydrogen) atoms. The summed E-state index contributed by atoms with van der Waals surface area (Å²) in [5.74, 6) is 44.5. The van der Waals surface area contributed by atoms with E-state index in [2.05, 4.69) is 147 Å². The number of benzene rings is 2. The van der Waals surface area contributed by atoms with Crippen LogP contribution in [0.25, 0.3) is 22.3 Å². The van der Waals surface area contributed by atoms with Crippen molar-refractivity contribution in [2.45, 2.75) is 118 Å². The average Bonchev–Trinajstić information content (AvgIpc) is 3.59. The second kappa shape index (κ2) is 62.0. The quantitative estimate of drug-likeness (QED) is 0.0788. The first kappa shape index (κ1) is 82.6. The van der Waals surface area contributed by atoms with Crippen LogP contribution in [0.4, 0.5) is 32.6 Å². The third kappa shape index (κ3) is 40.6. The van der Waals surface area contributed by atoms with Gasteiger partial charge in [-0.15, -0.1) is 6.42 Å². The van der Waals surface area contributed by atoms with Crippen LogP contribution in [0, 0.1) is 107 Å². The monoisotopic (exact) mass is 1140 g/mol. The van der Waals surface area contributed by atoms with Crippen LogP contribution in [-0.2, 0) is 0 Å². The number of nitrogens with zero attached hydrogens (tertiary/aromatic N) is 5. The van der Waals surface area contributed by atoms with E-state index in [1.165, 1.54) is 25.6 Å². The summed E-state index contributed by atoms with van der Waals surface area (Å²) in [4.78, 5) is 42.9. The number of aromatic nitrogens is 5. The van der Waals surface area contributed by atoms with Gasteiger partial charge in [-0.25, -0.2) is 34.5 Å². The van der Waals surface area contributed by atoms with Crippen LogP contribution >= 0.6 is 0 Å². The van der Waals surface area contributed by atoms with Crippen molar-refractivity contribution in [3.05, 3.63) is 116 Å². The Hall–Kier alpha value is -11.3. The van der Waals surface area contributed by atoms with Gasteiger partial charge in [-0.1, -0.05) is 141 Å². The lowest BCUT2D eigenvalue weighted by atomic mass is 10.1. The second-order valence-corrected chi connectivity index (χ2v) is 12.4. The first-order chi connectivity index (χ1) is 41.7. The minimum absolute atomic E-state index is 0.177. The number of hydrogen-bond donors (Lipinski definition) is 6. The van der Waals surface area contributed by atoms with Crippen molar-refractivity contribution in [2.24, 2.45) is 0 Å². The molecule has 8 N–H and O–H groups in total. The van der Waals surface area contributed by atoms with E-state index in [9.17, 15) is 9.59 Å². The van der Waals surface area contributed by atoms with Crippen LogP contribution in [0.1, 0.15) is 118 Å². The number of carbonyl (C=O) groups is 2. The summed E-state index contributed by atoms with van der Waals surface area (Å²) < 4.78 is 11.3. The minimum Gasteiger partial charge on any atom is -0.439 e. The van der Waals surface area contributed by atoms with Gasteiger partial charge >= 0.3 is 18.1 Å². The van der Waals surface area contributed by atoms with E-state index in [1.807, 2.05) is 171 Å². The van der Waals surface area contributed by atoms with E-state index in [0.29, 0.717) is 40.4 Å². The molecule has 0 saturated carbocycles. The molecule has 6 aromatic rings. The van der Waals surface area contributed by atoms with Crippen LogP contribution in [0.15, 0.2) is 116 Å². The smallest absolute Gasteiger partial charge is 0.322 e. The fraction of sp³-hybridized carbons (Fsp3) is 0.271. The van der Waals surface area contributed by atoms with Gasteiger partial charge in [-0.05, 0) is 167 Å². The highest BCUT2D eigenvalue weighted by molar-refractivity contribution is 5.89. The van der Waals surface area contributed by atoms with Crippen LogP contribution < -0.4 is 42.2 Å². The standard InChI is InChI=1S/C19H4.C18H17N5O2.C17H16N6O2.8C2H6/c1-3-5-7-9-11-13-15-17-19-18-16-14-12-10-8-6-4-2;1-20-18(24)23-13-6-9-16(22-11-13)25-14-7-4-12(5-8-14)15-3-2-10-21-17(15)19;1-19-16(24)23-12-9-21-17(22-10-12)25-13-6-4-11(5-7-13)14-3-2-8-20-15(14)18;8*1-2/h1H,2H3;2-11H,1H3,(H2,19,21)(H2,20,23,24);2-10H,1H3,(H2,18,20)(H2,19,23,24);8*1-2H3. The summed E-state index contributed by atoms with van der Waals surface area (Å²) in [6, 6.07) is 25.2. The Morgan fingerprint density at radius 2 is 0.765 bits per heavy atom. The number of nitrogens with two attached hydrogens (primary N) is 2. The van der Waals surface area contributed by atoms with Crippen molar-refractivity contribution in [2.75, 3.05) is 36.2 Å². The summed E-state index contributed by atoms with van der Waals surface area (Å²) in [7, 11) is 3.07. The van der Waals surface area contributed by atoms with Gasteiger partial charge in [0.05, 0.1) is 30.0 Å². The SMILES string of the molecule is C#CC#CC#CC#CC#CC#CC#CC#CC#CC.CC.CC.CC.CC.CC.CC.CC.CC.CNC(=O)Nc1ccc(Oc2ccc(-c3cccnc3N)cc2)nc1.CNC(=O)Nc1cnc(Oc2ccc(-c3cccnc3N)cc2)nc1. The van der Waals surface area contributed by atoms with E-state index in [1.54, 1.807) is 50.6 Å². The lowest BCUT2D eigenvalue weighted by molar-refractivity contribution is 0.253. The summed E-state index contributed by atoms with van der Waals surface area (Å²) in [5.41, 5.74) is 16.4. The highest BCUT2D eigenvalue weighted by atomic mass is 16.5. The lowest BCUT2D eigenvalue weighted by Gasteiger charge is -2.08. The molecule has 15 heteroatoms. The van der Waals surface area contributed by atoms with Crippen LogP contribution in [0.3, 0.4) is 0 Å². The summed E-state index contributed by atoms with van der Waals surface area (Å²) in [6.07, 6.45) is 12.6. The molecule has 4 amide bonds. The number of carbonyl (C=O) groups excluding carboxylic acids is 2. The topological polar surface area (TPSA) is 217 Å². The number of amides is 4. The first-order valence-electron chi connectivity index (χ1n) is 27.8. The number of pyridine rings is 3. The fourth-order valence-electron chi connectivity index (χ4n) is 4.79. The Balaban J connectivity index is -0.000000338. The van der Waals surface area contributed by atoms with Crippen molar-refractivity contribution in [1.82, 2.24) is 35.6 Å². The number of ether oxygens (including phenoxy) is 2. The van der Waals surface area contributed by atoms with Crippen molar-refractivity contribution >= 4 is 35.1 Å². The molecule has 0 unspecified atom stereocenters. The molecule has 0 bridgehead atoms. The molecule has 0 fully saturated rings. The molecule has 0 aliphatic rings. The molecule has 0 aliphatic carbocycles. The van der Waals surface area contributed by atoms with E-state index in [-0.39, 0.29) is 18.1 Å². The predicted octanol–water partition coefficient (Wildman–Crippen LogP) is 14.8. The van der Waals surface area contributed by atoms with E-state index in [4.69, 9.17) is 27.4 Å². The number of nitrogens with one attached hydrogen (secondary N) is 4. The maximum Gasteiger partial charge on any atom is 0.322 e. The van der Waals surface area contributed by atoms with Gasteiger partial charge in [0, 0.05) is 43.7 Å². The molecule has 4 heterocycles. The van der Waals surface area contributed by atoms with Gasteiger partial charge in [0.2, 0.25) is 5.88 Å². The second-order valence-electron chi connectivity index (χ2n) is 12.4. The molecule has 0 spiro atoms. The molecule has 444 valence electrons. The van der Waals surface area contributed by atoms with Gasteiger partial charge < -0.3 is 42.2 Å². The first-order valence-corrected chi connectivity index (χ1v) is 27.8. The third-order valence-corrected chi connectivity index (χ3v) is 7.85. The molecular weight excluding hydrogens is 1060 g/mol. The Kier molecular flexibility index (Phi) is 60.2. The van der Waals surface area contributed by atoms with E-state index in [0.717, 1.165) is 22.3 Å². The zero-order chi connectivity index (χ0) is 65.3. The summed E-state index contributed by atoms with van der Waals surface area (Å²) >= 11 is 0. The molecule has 6 rings (SSSR count). The third-order valence-electron chi connectivity index (χ3n) is 7.85. The molecule has 4 aromatic heterocycles. The van der Waals surface area contributed by atoms with E-state index >= 15 is 0 Å². The Labute approximate surface area is 510 Å². The number of anilines is 4. The lowest BCUT2D eigenvalue weighted by Crippen LogP contribution is -2.24. The van der Waals surface area contributed by atoms with Crippen molar-refractivity contribution < 1.29 is 19.1 Å². The van der Waals surface area contributed by atoms with Gasteiger partial charge in [-0.3, -0.25) is 0 Å².